The lowest BCUT2D eigenvalue weighted by atomic mass is 10.1. The Morgan fingerprint density at radius 1 is 1.21 bits per heavy atom. The third-order valence-corrected chi connectivity index (χ3v) is 2.76. The molecule has 0 saturated heterocycles. The Bertz CT molecular complexity index is 573. The minimum absolute atomic E-state index is 0.226. The second kappa shape index (κ2) is 5.52. The maximum atomic E-state index is 13.1. The molecule has 3 N–H and O–H groups in total. The number of rotatable bonds is 3. The van der Waals surface area contributed by atoms with Crippen molar-refractivity contribution < 1.29 is 9.18 Å². The van der Waals surface area contributed by atoms with Gasteiger partial charge in [0, 0.05) is 17.8 Å². The Morgan fingerprint density at radius 3 is 2.53 bits per heavy atom. The van der Waals surface area contributed by atoms with Gasteiger partial charge in [0.25, 0.3) is 5.91 Å². The molecule has 0 spiro atoms. The number of benzene rings is 2. The maximum absolute atomic E-state index is 13.1. The Kier molecular flexibility index (Phi) is 3.80. The van der Waals surface area contributed by atoms with E-state index >= 15 is 0 Å². The molecule has 0 saturated carbocycles. The molecule has 98 valence electrons. The van der Waals surface area contributed by atoms with Crippen molar-refractivity contribution in [1.82, 2.24) is 5.32 Å². The maximum Gasteiger partial charge on any atom is 0.251 e. The molecule has 2 aromatic carbocycles. The number of nitrogens with two attached hydrogens (primary N) is 1. The number of hydrogen-bond donors (Lipinski definition) is 2. The lowest BCUT2D eigenvalue weighted by Gasteiger charge is -2.06. The summed E-state index contributed by atoms with van der Waals surface area (Å²) in [5.41, 5.74) is 8.11. The van der Waals surface area contributed by atoms with Gasteiger partial charge in [-0.05, 0) is 30.7 Å². The Balaban J connectivity index is 2.03. The molecule has 0 aliphatic carbocycles. The molecule has 0 atom stereocenters. The average molecular weight is 258 g/mol. The summed E-state index contributed by atoms with van der Waals surface area (Å²) in [4.78, 5) is 11.9. The first-order valence-corrected chi connectivity index (χ1v) is 5.94. The van der Waals surface area contributed by atoms with Crippen LogP contribution in [0.1, 0.15) is 21.5 Å². The molecule has 0 bridgehead atoms. The minimum atomic E-state index is -0.513. The van der Waals surface area contributed by atoms with Crippen LogP contribution in [0.3, 0.4) is 0 Å². The van der Waals surface area contributed by atoms with Crippen molar-refractivity contribution in [2.45, 2.75) is 13.5 Å². The number of carbonyl (C=O) groups excluding carboxylic acids is 1. The van der Waals surface area contributed by atoms with Crippen LogP contribution in [0, 0.1) is 12.7 Å². The standard InChI is InChI=1S/C15H15FN2O/c1-10-2-4-11(5-3-10)9-18-15(19)12-6-13(16)8-14(17)7-12/h2-8H,9,17H2,1H3,(H,18,19). The number of nitrogen functional groups attached to an aromatic ring is 1. The molecule has 4 heteroatoms. The predicted molar refractivity (Wildman–Crippen MR) is 73.2 cm³/mol. The number of anilines is 1. The van der Waals surface area contributed by atoms with E-state index in [1.807, 2.05) is 31.2 Å². The molecule has 2 aromatic rings. The fraction of sp³-hybridized carbons (Fsp3) is 0.133. The fourth-order valence-electron chi connectivity index (χ4n) is 1.73. The van der Waals surface area contributed by atoms with Gasteiger partial charge in [-0.25, -0.2) is 4.39 Å². The van der Waals surface area contributed by atoms with E-state index in [1.54, 1.807) is 0 Å². The molecule has 0 aliphatic heterocycles. The van der Waals surface area contributed by atoms with E-state index in [-0.39, 0.29) is 17.2 Å². The van der Waals surface area contributed by atoms with Crippen LogP contribution in [0.15, 0.2) is 42.5 Å². The van der Waals surface area contributed by atoms with Gasteiger partial charge < -0.3 is 11.1 Å². The van der Waals surface area contributed by atoms with Crippen molar-refractivity contribution in [2.75, 3.05) is 5.73 Å². The van der Waals surface area contributed by atoms with Crippen molar-refractivity contribution in [3.63, 3.8) is 0 Å². The molecule has 1 amide bonds. The molecule has 19 heavy (non-hydrogen) atoms. The highest BCUT2D eigenvalue weighted by atomic mass is 19.1. The average Bonchev–Trinajstić information content (AvgIpc) is 2.36. The van der Waals surface area contributed by atoms with Crippen LogP contribution in [-0.4, -0.2) is 5.91 Å². The number of nitrogens with one attached hydrogen (secondary N) is 1. The van der Waals surface area contributed by atoms with Gasteiger partial charge in [0.1, 0.15) is 5.82 Å². The topological polar surface area (TPSA) is 55.1 Å². The fourth-order valence-corrected chi connectivity index (χ4v) is 1.73. The summed E-state index contributed by atoms with van der Waals surface area (Å²) >= 11 is 0. The van der Waals surface area contributed by atoms with E-state index in [4.69, 9.17) is 5.73 Å². The molecular weight excluding hydrogens is 243 g/mol. The third-order valence-electron chi connectivity index (χ3n) is 2.76. The zero-order valence-electron chi connectivity index (χ0n) is 10.6. The van der Waals surface area contributed by atoms with Crippen LogP contribution >= 0.6 is 0 Å². The van der Waals surface area contributed by atoms with Crippen LogP contribution in [0.25, 0.3) is 0 Å². The molecular formula is C15H15FN2O. The SMILES string of the molecule is Cc1ccc(CNC(=O)c2cc(N)cc(F)c2)cc1. The Hall–Kier alpha value is -2.36. The largest absolute Gasteiger partial charge is 0.399 e. The first-order valence-electron chi connectivity index (χ1n) is 5.94. The van der Waals surface area contributed by atoms with Gasteiger partial charge in [-0.1, -0.05) is 29.8 Å². The van der Waals surface area contributed by atoms with Crippen LogP contribution in [-0.2, 0) is 6.54 Å². The first kappa shape index (κ1) is 13.1. The molecule has 0 unspecified atom stereocenters. The van der Waals surface area contributed by atoms with Crippen LogP contribution < -0.4 is 11.1 Å². The molecule has 0 aliphatic rings. The van der Waals surface area contributed by atoms with Gasteiger partial charge in [-0.2, -0.15) is 0 Å². The summed E-state index contributed by atoms with van der Waals surface area (Å²) in [6, 6.07) is 11.6. The summed E-state index contributed by atoms with van der Waals surface area (Å²) in [5, 5.41) is 2.73. The highest BCUT2D eigenvalue weighted by molar-refractivity contribution is 5.95. The van der Waals surface area contributed by atoms with E-state index in [1.165, 1.54) is 18.2 Å². The molecule has 2 rings (SSSR count). The normalized spacial score (nSPS) is 10.2. The first-order chi connectivity index (χ1) is 9.04. The van der Waals surface area contributed by atoms with E-state index < -0.39 is 5.82 Å². The predicted octanol–water partition coefficient (Wildman–Crippen LogP) is 2.65. The van der Waals surface area contributed by atoms with Crippen LogP contribution in [0.4, 0.5) is 10.1 Å². The number of carbonyl (C=O) groups is 1. The summed E-state index contributed by atoms with van der Waals surface area (Å²) in [7, 11) is 0. The Morgan fingerprint density at radius 2 is 1.89 bits per heavy atom. The van der Waals surface area contributed by atoms with E-state index in [9.17, 15) is 9.18 Å². The monoisotopic (exact) mass is 258 g/mol. The quantitative estimate of drug-likeness (QED) is 0.831. The summed E-state index contributed by atoms with van der Waals surface area (Å²) in [6.07, 6.45) is 0. The number of hydrogen-bond acceptors (Lipinski definition) is 2. The molecule has 0 heterocycles. The third kappa shape index (κ3) is 3.55. The van der Waals surface area contributed by atoms with Crippen LogP contribution in [0.2, 0.25) is 0 Å². The van der Waals surface area contributed by atoms with Crippen molar-refractivity contribution in [1.29, 1.82) is 0 Å². The Labute approximate surface area is 111 Å². The smallest absolute Gasteiger partial charge is 0.251 e. The van der Waals surface area contributed by atoms with Gasteiger partial charge in [-0.15, -0.1) is 0 Å². The second-order valence-electron chi connectivity index (χ2n) is 4.44. The van der Waals surface area contributed by atoms with Crippen molar-refractivity contribution >= 4 is 11.6 Å². The molecule has 0 aromatic heterocycles. The van der Waals surface area contributed by atoms with E-state index in [2.05, 4.69) is 5.32 Å². The van der Waals surface area contributed by atoms with Gasteiger partial charge in [-0.3, -0.25) is 4.79 Å². The van der Waals surface area contributed by atoms with Gasteiger partial charge >= 0.3 is 0 Å². The summed E-state index contributed by atoms with van der Waals surface area (Å²) < 4.78 is 13.1. The lowest BCUT2D eigenvalue weighted by Crippen LogP contribution is -2.23. The molecule has 0 radical (unpaired) electrons. The lowest BCUT2D eigenvalue weighted by molar-refractivity contribution is 0.0950. The van der Waals surface area contributed by atoms with Crippen molar-refractivity contribution in [3.8, 4) is 0 Å². The van der Waals surface area contributed by atoms with Gasteiger partial charge in [0.15, 0.2) is 0 Å². The summed E-state index contributed by atoms with van der Waals surface area (Å²) in [5.74, 6) is -0.854. The van der Waals surface area contributed by atoms with Crippen molar-refractivity contribution in [3.05, 3.63) is 65.0 Å². The van der Waals surface area contributed by atoms with E-state index in [0.29, 0.717) is 6.54 Å². The van der Waals surface area contributed by atoms with Crippen molar-refractivity contribution in [2.24, 2.45) is 0 Å². The van der Waals surface area contributed by atoms with E-state index in [0.717, 1.165) is 11.1 Å². The summed E-state index contributed by atoms with van der Waals surface area (Å²) in [6.45, 7) is 2.40. The second-order valence-corrected chi connectivity index (χ2v) is 4.44. The highest BCUT2D eigenvalue weighted by Crippen LogP contribution is 2.11. The van der Waals surface area contributed by atoms with Crippen LogP contribution in [0.5, 0.6) is 0 Å². The molecule has 0 fully saturated rings. The zero-order valence-corrected chi connectivity index (χ0v) is 10.6. The number of halogens is 1. The number of amides is 1. The van der Waals surface area contributed by atoms with Gasteiger partial charge in [0.2, 0.25) is 0 Å². The molecule has 3 nitrogen and oxygen atoms in total. The minimum Gasteiger partial charge on any atom is -0.399 e. The highest BCUT2D eigenvalue weighted by Gasteiger charge is 2.07. The van der Waals surface area contributed by atoms with Gasteiger partial charge in [0.05, 0.1) is 0 Å². The zero-order chi connectivity index (χ0) is 13.8. The number of aryl methyl sites for hydroxylation is 1.